The number of hydrogen-bond acceptors (Lipinski definition) is 5. The van der Waals surface area contributed by atoms with E-state index in [4.69, 9.17) is 13.9 Å². The molecule has 26 heavy (non-hydrogen) atoms. The van der Waals surface area contributed by atoms with Crippen molar-refractivity contribution in [3.8, 4) is 5.75 Å². The maximum atomic E-state index is 12.5. The zero-order valence-electron chi connectivity index (χ0n) is 14.8. The molecule has 3 rings (SSSR count). The summed E-state index contributed by atoms with van der Waals surface area (Å²) in [4.78, 5) is 24.2. The third-order valence-electron chi connectivity index (χ3n) is 4.23. The van der Waals surface area contributed by atoms with Gasteiger partial charge in [0.15, 0.2) is 0 Å². The molecule has 1 amide bonds. The third kappa shape index (κ3) is 3.39. The molecule has 0 atom stereocenters. The SMILES string of the molecule is COC(=O)c1cccc(NC(=O)Cc2coc3cc(OC)ccc23)c1C. The van der Waals surface area contributed by atoms with Gasteiger partial charge in [-0.05, 0) is 36.8 Å². The average molecular weight is 353 g/mol. The van der Waals surface area contributed by atoms with Crippen LogP contribution in [0.1, 0.15) is 21.5 Å². The van der Waals surface area contributed by atoms with Crippen LogP contribution in [0.4, 0.5) is 5.69 Å². The molecule has 0 fully saturated rings. The van der Waals surface area contributed by atoms with Crippen molar-refractivity contribution in [3.63, 3.8) is 0 Å². The summed E-state index contributed by atoms with van der Waals surface area (Å²) in [6, 6.07) is 10.6. The van der Waals surface area contributed by atoms with Crippen LogP contribution in [0.25, 0.3) is 11.0 Å². The molecule has 1 aromatic heterocycles. The summed E-state index contributed by atoms with van der Waals surface area (Å²) in [7, 11) is 2.91. The lowest BCUT2D eigenvalue weighted by Gasteiger charge is -2.11. The molecule has 0 bridgehead atoms. The first-order valence-electron chi connectivity index (χ1n) is 8.05. The number of carbonyl (C=O) groups excluding carboxylic acids is 2. The summed E-state index contributed by atoms with van der Waals surface area (Å²) in [5.74, 6) is 0.0557. The maximum absolute atomic E-state index is 12.5. The predicted molar refractivity (Wildman–Crippen MR) is 97.6 cm³/mol. The van der Waals surface area contributed by atoms with E-state index in [1.54, 1.807) is 44.6 Å². The van der Waals surface area contributed by atoms with Crippen molar-refractivity contribution in [2.45, 2.75) is 13.3 Å². The van der Waals surface area contributed by atoms with Crippen LogP contribution in [0.5, 0.6) is 5.75 Å². The molecular weight excluding hydrogens is 334 g/mol. The predicted octanol–water partition coefficient (Wildman–Crippen LogP) is 3.72. The lowest BCUT2D eigenvalue weighted by molar-refractivity contribution is -0.115. The molecule has 0 saturated heterocycles. The Morgan fingerprint density at radius 1 is 1.15 bits per heavy atom. The highest BCUT2D eigenvalue weighted by atomic mass is 16.5. The lowest BCUT2D eigenvalue weighted by Crippen LogP contribution is -2.16. The number of ether oxygens (including phenoxy) is 2. The van der Waals surface area contributed by atoms with E-state index in [9.17, 15) is 9.59 Å². The van der Waals surface area contributed by atoms with Crippen molar-refractivity contribution < 1.29 is 23.5 Å². The second-order valence-electron chi connectivity index (χ2n) is 5.82. The van der Waals surface area contributed by atoms with Crippen molar-refractivity contribution >= 4 is 28.5 Å². The van der Waals surface area contributed by atoms with Gasteiger partial charge in [0.1, 0.15) is 11.3 Å². The molecule has 0 aliphatic heterocycles. The van der Waals surface area contributed by atoms with Crippen molar-refractivity contribution in [2.24, 2.45) is 0 Å². The first-order chi connectivity index (χ1) is 12.5. The van der Waals surface area contributed by atoms with Gasteiger partial charge in [0.25, 0.3) is 0 Å². The van der Waals surface area contributed by atoms with Gasteiger partial charge in [-0.1, -0.05) is 6.07 Å². The van der Waals surface area contributed by atoms with E-state index >= 15 is 0 Å². The Hall–Kier alpha value is -3.28. The largest absolute Gasteiger partial charge is 0.497 e. The summed E-state index contributed by atoms with van der Waals surface area (Å²) in [6.07, 6.45) is 1.72. The Morgan fingerprint density at radius 3 is 2.69 bits per heavy atom. The number of anilines is 1. The van der Waals surface area contributed by atoms with Gasteiger partial charge in [-0.2, -0.15) is 0 Å². The molecule has 134 valence electrons. The summed E-state index contributed by atoms with van der Waals surface area (Å²) in [5, 5.41) is 3.70. The minimum atomic E-state index is -0.437. The quantitative estimate of drug-likeness (QED) is 0.708. The van der Waals surface area contributed by atoms with E-state index in [0.717, 1.165) is 10.9 Å². The summed E-state index contributed by atoms with van der Waals surface area (Å²) in [6.45, 7) is 1.77. The van der Waals surface area contributed by atoms with Gasteiger partial charge >= 0.3 is 5.97 Å². The highest BCUT2D eigenvalue weighted by Gasteiger charge is 2.15. The second-order valence-corrected chi connectivity index (χ2v) is 5.82. The highest BCUT2D eigenvalue weighted by Crippen LogP contribution is 2.26. The molecule has 0 aliphatic carbocycles. The normalized spacial score (nSPS) is 10.6. The molecule has 0 radical (unpaired) electrons. The fourth-order valence-corrected chi connectivity index (χ4v) is 2.80. The molecule has 6 nitrogen and oxygen atoms in total. The molecule has 0 unspecified atom stereocenters. The number of methoxy groups -OCH3 is 2. The maximum Gasteiger partial charge on any atom is 0.338 e. The van der Waals surface area contributed by atoms with E-state index in [1.807, 2.05) is 12.1 Å². The number of esters is 1. The van der Waals surface area contributed by atoms with Crippen molar-refractivity contribution in [2.75, 3.05) is 19.5 Å². The van der Waals surface area contributed by atoms with Gasteiger partial charge in [0.2, 0.25) is 5.91 Å². The van der Waals surface area contributed by atoms with E-state index < -0.39 is 5.97 Å². The summed E-state index contributed by atoms with van der Waals surface area (Å²) >= 11 is 0. The van der Waals surface area contributed by atoms with E-state index in [2.05, 4.69) is 5.32 Å². The van der Waals surface area contributed by atoms with Crippen LogP contribution >= 0.6 is 0 Å². The Balaban J connectivity index is 1.79. The molecular formula is C20H19NO5. The highest BCUT2D eigenvalue weighted by molar-refractivity contribution is 5.98. The Bertz CT molecular complexity index is 973. The van der Waals surface area contributed by atoms with Crippen LogP contribution in [0.3, 0.4) is 0 Å². The van der Waals surface area contributed by atoms with Gasteiger partial charge in [0, 0.05) is 22.7 Å². The summed E-state index contributed by atoms with van der Waals surface area (Å²) < 4.78 is 15.4. The van der Waals surface area contributed by atoms with Gasteiger partial charge in [-0.25, -0.2) is 4.79 Å². The summed E-state index contributed by atoms with van der Waals surface area (Å²) in [5.41, 5.74) is 3.10. The molecule has 0 spiro atoms. The van der Waals surface area contributed by atoms with Crippen molar-refractivity contribution in [3.05, 3.63) is 59.4 Å². The average Bonchev–Trinajstić information content (AvgIpc) is 3.04. The first kappa shape index (κ1) is 17.5. The van der Waals surface area contributed by atoms with Gasteiger partial charge in [-0.15, -0.1) is 0 Å². The van der Waals surface area contributed by atoms with E-state index in [1.165, 1.54) is 7.11 Å². The number of fused-ring (bicyclic) bond motifs is 1. The topological polar surface area (TPSA) is 77.8 Å². The fraction of sp³-hybridized carbons (Fsp3) is 0.200. The van der Waals surface area contributed by atoms with Gasteiger partial charge in [0.05, 0.1) is 32.5 Å². The van der Waals surface area contributed by atoms with Crippen LogP contribution < -0.4 is 10.1 Å². The molecule has 6 heteroatoms. The van der Waals surface area contributed by atoms with Crippen LogP contribution in [0.15, 0.2) is 47.1 Å². The number of benzene rings is 2. The number of furan rings is 1. The monoisotopic (exact) mass is 353 g/mol. The van der Waals surface area contributed by atoms with Crippen LogP contribution in [0.2, 0.25) is 0 Å². The fourth-order valence-electron chi connectivity index (χ4n) is 2.80. The second kappa shape index (κ2) is 7.31. The minimum absolute atomic E-state index is 0.154. The van der Waals surface area contributed by atoms with E-state index in [0.29, 0.717) is 28.1 Å². The van der Waals surface area contributed by atoms with Crippen LogP contribution in [-0.4, -0.2) is 26.1 Å². The minimum Gasteiger partial charge on any atom is -0.497 e. The smallest absolute Gasteiger partial charge is 0.338 e. The molecule has 3 aromatic rings. The Morgan fingerprint density at radius 2 is 1.96 bits per heavy atom. The number of rotatable bonds is 5. The first-order valence-corrected chi connectivity index (χ1v) is 8.05. The van der Waals surface area contributed by atoms with Gasteiger partial charge < -0.3 is 19.2 Å². The molecule has 0 saturated carbocycles. The molecule has 1 N–H and O–H groups in total. The number of amides is 1. The molecule has 2 aromatic carbocycles. The molecule has 0 aliphatic rings. The number of carbonyl (C=O) groups is 2. The zero-order valence-corrected chi connectivity index (χ0v) is 14.8. The number of nitrogens with one attached hydrogen (secondary N) is 1. The van der Waals surface area contributed by atoms with Crippen molar-refractivity contribution in [1.82, 2.24) is 0 Å². The Labute approximate surface area is 150 Å². The van der Waals surface area contributed by atoms with E-state index in [-0.39, 0.29) is 12.3 Å². The molecule has 1 heterocycles. The Kier molecular flexibility index (Phi) is 4.93. The van der Waals surface area contributed by atoms with Gasteiger partial charge in [-0.3, -0.25) is 4.79 Å². The number of hydrogen-bond donors (Lipinski definition) is 1. The van der Waals surface area contributed by atoms with Crippen LogP contribution in [0, 0.1) is 6.92 Å². The zero-order chi connectivity index (χ0) is 18.7. The van der Waals surface area contributed by atoms with Crippen molar-refractivity contribution in [1.29, 1.82) is 0 Å². The standard InChI is InChI=1S/C20H19NO5/c1-12-15(20(23)25-3)5-4-6-17(12)21-19(22)9-13-11-26-18-10-14(24-2)7-8-16(13)18/h4-8,10-11H,9H2,1-3H3,(H,21,22). The van der Waals surface area contributed by atoms with Crippen LogP contribution in [-0.2, 0) is 16.0 Å². The lowest BCUT2D eigenvalue weighted by atomic mass is 10.1. The third-order valence-corrected chi connectivity index (χ3v) is 4.23.